The fourth-order valence-corrected chi connectivity index (χ4v) is 4.34. The number of hydrogen-bond donors (Lipinski definition) is 1. The number of benzene rings is 3. The van der Waals surface area contributed by atoms with Gasteiger partial charge in [0, 0.05) is 35.6 Å². The lowest BCUT2D eigenvalue weighted by atomic mass is 10.2. The SMILES string of the molecule is Cc1ccc(C(=O)Nc2ccc(Oc3cc4cnn(C)c4cc3Br)c(F)c2)c(=O)n1-c1ccc(F)cc1. The van der Waals surface area contributed by atoms with Crippen LogP contribution in [0.4, 0.5) is 14.5 Å². The van der Waals surface area contributed by atoms with Crippen LogP contribution in [-0.4, -0.2) is 20.3 Å². The Labute approximate surface area is 218 Å². The first-order valence-corrected chi connectivity index (χ1v) is 11.9. The zero-order chi connectivity index (χ0) is 26.3. The summed E-state index contributed by atoms with van der Waals surface area (Å²) in [6.45, 7) is 1.70. The van der Waals surface area contributed by atoms with Gasteiger partial charge in [-0.3, -0.25) is 18.8 Å². The standard InChI is InChI=1S/C27H19BrF2N4O3/c1-15-3-9-20(27(36)34(15)19-7-4-17(29)5-8-19)26(35)32-18-6-10-24(22(30)12-18)37-25-11-16-14-31-33(2)23(16)13-21(25)28/h3-14H,1-2H3,(H,32,35). The lowest BCUT2D eigenvalue weighted by Crippen LogP contribution is -2.29. The highest BCUT2D eigenvalue weighted by atomic mass is 79.9. The molecule has 0 bridgehead atoms. The Bertz CT molecular complexity index is 1730. The summed E-state index contributed by atoms with van der Waals surface area (Å²) in [4.78, 5) is 26.0. The second-order valence-corrected chi connectivity index (χ2v) is 9.17. The summed E-state index contributed by atoms with van der Waals surface area (Å²) in [7, 11) is 1.82. The number of aromatic nitrogens is 3. The lowest BCUT2D eigenvalue weighted by Gasteiger charge is -2.13. The Morgan fingerprint density at radius 1 is 1.00 bits per heavy atom. The molecule has 0 aliphatic heterocycles. The Balaban J connectivity index is 1.38. The van der Waals surface area contributed by atoms with Gasteiger partial charge in [0.05, 0.1) is 16.2 Å². The normalized spacial score (nSPS) is 11.1. The molecule has 2 heterocycles. The Morgan fingerprint density at radius 3 is 2.49 bits per heavy atom. The molecule has 0 fully saturated rings. The minimum atomic E-state index is -0.710. The summed E-state index contributed by atoms with van der Waals surface area (Å²) in [6, 6.07) is 15.9. The third kappa shape index (κ3) is 4.75. The maximum Gasteiger partial charge on any atom is 0.268 e. The van der Waals surface area contributed by atoms with Crippen molar-refractivity contribution in [2.24, 2.45) is 7.05 Å². The zero-order valence-corrected chi connectivity index (χ0v) is 21.2. The Hall–Kier alpha value is -4.31. The molecule has 5 aromatic rings. The summed E-state index contributed by atoms with van der Waals surface area (Å²) >= 11 is 3.43. The third-order valence-electron chi connectivity index (χ3n) is 5.82. The highest BCUT2D eigenvalue weighted by Gasteiger charge is 2.17. The number of nitrogens with zero attached hydrogens (tertiary/aromatic N) is 3. The van der Waals surface area contributed by atoms with Crippen molar-refractivity contribution in [3.8, 4) is 17.2 Å². The largest absolute Gasteiger partial charge is 0.453 e. The average Bonchev–Trinajstić information content (AvgIpc) is 3.21. The van der Waals surface area contributed by atoms with Crippen LogP contribution in [0.25, 0.3) is 16.6 Å². The van der Waals surface area contributed by atoms with E-state index < -0.39 is 23.1 Å². The van der Waals surface area contributed by atoms with Crippen molar-refractivity contribution in [3.05, 3.63) is 111 Å². The molecule has 2 aromatic heterocycles. The van der Waals surface area contributed by atoms with Gasteiger partial charge in [-0.15, -0.1) is 0 Å². The van der Waals surface area contributed by atoms with Gasteiger partial charge in [-0.1, -0.05) is 0 Å². The number of nitrogens with one attached hydrogen (secondary N) is 1. The molecule has 0 saturated heterocycles. The fourth-order valence-electron chi connectivity index (χ4n) is 3.92. The number of fused-ring (bicyclic) bond motifs is 1. The van der Waals surface area contributed by atoms with Gasteiger partial charge in [0.2, 0.25) is 0 Å². The van der Waals surface area contributed by atoms with Gasteiger partial charge in [0.25, 0.3) is 11.5 Å². The van der Waals surface area contributed by atoms with Crippen molar-refractivity contribution in [1.29, 1.82) is 0 Å². The average molecular weight is 565 g/mol. The number of ether oxygens (including phenoxy) is 1. The molecule has 0 unspecified atom stereocenters. The molecule has 5 rings (SSSR count). The molecule has 1 N–H and O–H groups in total. The number of pyridine rings is 1. The highest BCUT2D eigenvalue weighted by Crippen LogP contribution is 2.35. The van der Waals surface area contributed by atoms with Crippen LogP contribution in [0.3, 0.4) is 0 Å². The Morgan fingerprint density at radius 2 is 1.76 bits per heavy atom. The van der Waals surface area contributed by atoms with E-state index in [2.05, 4.69) is 26.3 Å². The van der Waals surface area contributed by atoms with E-state index in [4.69, 9.17) is 4.74 Å². The summed E-state index contributed by atoms with van der Waals surface area (Å²) in [5.41, 5.74) is 1.28. The van der Waals surface area contributed by atoms with E-state index in [1.807, 2.05) is 13.1 Å². The molecule has 3 aromatic carbocycles. The van der Waals surface area contributed by atoms with Crippen molar-refractivity contribution in [3.63, 3.8) is 0 Å². The van der Waals surface area contributed by atoms with Crippen LogP contribution in [0.2, 0.25) is 0 Å². The van der Waals surface area contributed by atoms with Crippen LogP contribution in [-0.2, 0) is 7.05 Å². The number of anilines is 1. The second-order valence-electron chi connectivity index (χ2n) is 8.32. The van der Waals surface area contributed by atoms with Crippen LogP contribution in [0.1, 0.15) is 16.1 Å². The van der Waals surface area contributed by atoms with Crippen LogP contribution < -0.4 is 15.6 Å². The molecular formula is C27H19BrF2N4O3. The first kappa shape index (κ1) is 24.4. The minimum Gasteiger partial charge on any atom is -0.453 e. The molecule has 0 aliphatic carbocycles. The van der Waals surface area contributed by atoms with E-state index in [9.17, 15) is 18.4 Å². The van der Waals surface area contributed by atoms with Crippen LogP contribution in [0.5, 0.6) is 11.5 Å². The first-order chi connectivity index (χ1) is 17.7. The molecule has 0 atom stereocenters. The number of rotatable bonds is 5. The van der Waals surface area contributed by atoms with Crippen molar-refractivity contribution >= 4 is 38.4 Å². The van der Waals surface area contributed by atoms with E-state index in [0.717, 1.165) is 17.0 Å². The van der Waals surface area contributed by atoms with Crippen LogP contribution in [0, 0.1) is 18.6 Å². The summed E-state index contributed by atoms with van der Waals surface area (Å²) in [6.07, 6.45) is 1.68. The van der Waals surface area contributed by atoms with Gasteiger partial charge in [0.15, 0.2) is 11.6 Å². The fraction of sp³-hybridized carbons (Fsp3) is 0.0741. The summed E-state index contributed by atoms with van der Waals surface area (Å²) in [5, 5.41) is 7.57. The quantitative estimate of drug-likeness (QED) is 0.279. The Kier molecular flexibility index (Phi) is 6.34. The van der Waals surface area contributed by atoms with E-state index in [0.29, 0.717) is 21.6 Å². The zero-order valence-electron chi connectivity index (χ0n) is 19.6. The number of amides is 1. The maximum atomic E-state index is 14.9. The van der Waals surface area contributed by atoms with Gasteiger partial charge >= 0.3 is 0 Å². The predicted octanol–water partition coefficient (Wildman–Crippen LogP) is 6.12. The molecule has 7 nitrogen and oxygen atoms in total. The summed E-state index contributed by atoms with van der Waals surface area (Å²) in [5.74, 6) is -1.50. The molecule has 37 heavy (non-hydrogen) atoms. The molecule has 0 aliphatic rings. The highest BCUT2D eigenvalue weighted by molar-refractivity contribution is 9.10. The number of carbonyl (C=O) groups is 1. The van der Waals surface area contributed by atoms with Crippen molar-refractivity contribution in [2.45, 2.75) is 6.92 Å². The lowest BCUT2D eigenvalue weighted by molar-refractivity contribution is 0.102. The van der Waals surface area contributed by atoms with Crippen molar-refractivity contribution in [2.75, 3.05) is 5.32 Å². The number of halogens is 3. The van der Waals surface area contributed by atoms with Gasteiger partial charge in [-0.25, -0.2) is 8.78 Å². The third-order valence-corrected chi connectivity index (χ3v) is 6.44. The molecule has 0 saturated carbocycles. The van der Waals surface area contributed by atoms with Crippen LogP contribution >= 0.6 is 15.9 Å². The van der Waals surface area contributed by atoms with E-state index in [-0.39, 0.29) is 17.0 Å². The second kappa shape index (κ2) is 9.62. The summed E-state index contributed by atoms with van der Waals surface area (Å²) < 4.78 is 37.6. The number of hydrogen-bond acceptors (Lipinski definition) is 4. The molecule has 0 radical (unpaired) electrons. The molecule has 0 spiro atoms. The molecule has 1 amide bonds. The predicted molar refractivity (Wildman–Crippen MR) is 140 cm³/mol. The maximum absolute atomic E-state index is 14.9. The van der Waals surface area contributed by atoms with Gasteiger partial charge < -0.3 is 10.1 Å². The van der Waals surface area contributed by atoms with Crippen LogP contribution in [0.15, 0.2) is 82.2 Å². The topological polar surface area (TPSA) is 78.2 Å². The van der Waals surface area contributed by atoms with Gasteiger partial charge in [-0.05, 0) is 83.5 Å². The molecule has 10 heteroatoms. The van der Waals surface area contributed by atoms with E-state index >= 15 is 0 Å². The molecule has 186 valence electrons. The van der Waals surface area contributed by atoms with E-state index in [1.54, 1.807) is 29.9 Å². The number of carbonyl (C=O) groups excluding carboxylic acids is 1. The van der Waals surface area contributed by atoms with E-state index in [1.165, 1.54) is 47.0 Å². The van der Waals surface area contributed by atoms with Crippen molar-refractivity contribution < 1.29 is 18.3 Å². The van der Waals surface area contributed by atoms with Crippen molar-refractivity contribution in [1.82, 2.24) is 14.3 Å². The molecular weight excluding hydrogens is 546 g/mol. The number of aryl methyl sites for hydroxylation is 2. The van der Waals surface area contributed by atoms with Gasteiger partial charge in [-0.2, -0.15) is 5.10 Å². The first-order valence-electron chi connectivity index (χ1n) is 11.1. The monoisotopic (exact) mass is 564 g/mol. The van der Waals surface area contributed by atoms with Gasteiger partial charge in [0.1, 0.15) is 17.1 Å². The minimum absolute atomic E-state index is 0.0454. The smallest absolute Gasteiger partial charge is 0.268 e.